The Kier molecular flexibility index (Phi) is 6.97. The van der Waals surface area contributed by atoms with E-state index in [1.54, 1.807) is 30.3 Å². The summed E-state index contributed by atoms with van der Waals surface area (Å²) in [6.07, 6.45) is -0.786. The predicted molar refractivity (Wildman–Crippen MR) is 109 cm³/mol. The number of urea groups is 1. The lowest BCUT2D eigenvalue weighted by Crippen LogP contribution is -2.42. The summed E-state index contributed by atoms with van der Waals surface area (Å²) in [5.41, 5.74) is -0.213. The highest BCUT2D eigenvalue weighted by Crippen LogP contribution is 2.32. The van der Waals surface area contributed by atoms with Gasteiger partial charge in [-0.3, -0.25) is 9.69 Å². The van der Waals surface area contributed by atoms with Crippen LogP contribution in [0.2, 0.25) is 0 Å². The number of halogens is 3. The number of carbonyl (C=O) groups excluding carboxylic acids is 2. The molecule has 0 bridgehead atoms. The van der Waals surface area contributed by atoms with E-state index in [-0.39, 0.29) is 30.6 Å². The van der Waals surface area contributed by atoms with Crippen molar-refractivity contribution in [2.45, 2.75) is 31.9 Å². The van der Waals surface area contributed by atoms with Gasteiger partial charge in [-0.2, -0.15) is 13.2 Å². The average Bonchev–Trinajstić information content (AvgIpc) is 3.26. The molecule has 30 heavy (non-hydrogen) atoms. The minimum absolute atomic E-state index is 0.0230. The Hall–Kier alpha value is -3.03. The molecule has 0 aliphatic heterocycles. The maximum atomic E-state index is 13.1. The van der Waals surface area contributed by atoms with Crippen LogP contribution in [0.5, 0.6) is 0 Å². The lowest BCUT2D eigenvalue weighted by atomic mass is 10.1. The highest BCUT2D eigenvalue weighted by Gasteiger charge is 2.31. The second-order valence-electron chi connectivity index (χ2n) is 7.27. The lowest BCUT2D eigenvalue weighted by molar-refractivity contribution is -0.137. The molecule has 0 heterocycles. The Morgan fingerprint density at radius 3 is 2.37 bits per heavy atom. The van der Waals surface area contributed by atoms with Crippen LogP contribution in [-0.2, 0) is 11.0 Å². The Bertz CT molecular complexity index is 865. The van der Waals surface area contributed by atoms with E-state index < -0.39 is 17.8 Å². The lowest BCUT2D eigenvalue weighted by Gasteiger charge is -2.24. The summed E-state index contributed by atoms with van der Waals surface area (Å²) in [4.78, 5) is 26.3. The smallest absolute Gasteiger partial charge is 0.354 e. The van der Waals surface area contributed by atoms with Gasteiger partial charge in [0, 0.05) is 30.4 Å². The number of nitrogens with one attached hydrogen (secondary N) is 2. The molecule has 0 saturated heterocycles. The molecule has 0 atom stereocenters. The Balaban J connectivity index is 1.74. The Morgan fingerprint density at radius 2 is 1.70 bits per heavy atom. The fraction of sp³-hybridized carbons (Fsp3) is 0.364. The molecule has 8 heteroatoms. The molecule has 1 fully saturated rings. The summed E-state index contributed by atoms with van der Waals surface area (Å²) in [7, 11) is 0. The Morgan fingerprint density at radius 1 is 1.00 bits per heavy atom. The summed E-state index contributed by atoms with van der Waals surface area (Å²) < 4.78 is 39.4. The first-order valence-electron chi connectivity index (χ1n) is 9.93. The number of anilines is 2. The van der Waals surface area contributed by atoms with Gasteiger partial charge in [-0.15, -0.1) is 0 Å². The molecule has 0 unspecified atom stereocenters. The van der Waals surface area contributed by atoms with Crippen molar-refractivity contribution in [2.24, 2.45) is 5.92 Å². The van der Waals surface area contributed by atoms with Gasteiger partial charge in [-0.25, -0.2) is 4.79 Å². The maximum absolute atomic E-state index is 13.1. The van der Waals surface area contributed by atoms with Crippen LogP contribution in [0.4, 0.5) is 29.3 Å². The van der Waals surface area contributed by atoms with Gasteiger partial charge >= 0.3 is 12.2 Å². The van der Waals surface area contributed by atoms with Gasteiger partial charge in [0.1, 0.15) is 0 Å². The van der Waals surface area contributed by atoms with Crippen molar-refractivity contribution >= 4 is 23.3 Å². The van der Waals surface area contributed by atoms with E-state index >= 15 is 0 Å². The molecule has 0 radical (unpaired) electrons. The number of rotatable bonds is 6. The molecule has 0 aromatic heterocycles. The van der Waals surface area contributed by atoms with Crippen LogP contribution < -0.4 is 15.5 Å². The summed E-state index contributed by atoms with van der Waals surface area (Å²) in [6, 6.07) is 12.7. The third-order valence-electron chi connectivity index (χ3n) is 5.12. The fourth-order valence-corrected chi connectivity index (χ4v) is 3.53. The first-order valence-corrected chi connectivity index (χ1v) is 9.93. The zero-order valence-corrected chi connectivity index (χ0v) is 16.4. The first kappa shape index (κ1) is 21.7. The van der Waals surface area contributed by atoms with Gasteiger partial charge in [0.2, 0.25) is 5.91 Å². The van der Waals surface area contributed by atoms with Crippen LogP contribution >= 0.6 is 0 Å². The highest BCUT2D eigenvalue weighted by molar-refractivity contribution is 6.01. The standard InChI is InChI=1S/C22H24F3N3O2/c23-22(24,25)17-9-6-12-19(15-17)28(21(30)27-18-10-2-1-3-11-18)14-13-26-20(29)16-7-4-5-8-16/h1-3,6,9-12,15-16H,4-5,7-8,13-14H2,(H,26,29)(H,27,30). The van der Waals surface area contributed by atoms with Crippen molar-refractivity contribution in [2.75, 3.05) is 23.3 Å². The molecule has 2 aromatic carbocycles. The van der Waals surface area contributed by atoms with Crippen molar-refractivity contribution in [3.05, 3.63) is 60.2 Å². The normalized spacial score (nSPS) is 14.4. The van der Waals surface area contributed by atoms with Gasteiger partial charge in [-0.1, -0.05) is 37.1 Å². The van der Waals surface area contributed by atoms with Gasteiger partial charge in [0.05, 0.1) is 5.56 Å². The van der Waals surface area contributed by atoms with E-state index in [9.17, 15) is 22.8 Å². The van der Waals surface area contributed by atoms with Crippen LogP contribution in [0.3, 0.4) is 0 Å². The van der Waals surface area contributed by atoms with Gasteiger partial charge in [-0.05, 0) is 43.2 Å². The van der Waals surface area contributed by atoms with Crippen LogP contribution in [0.1, 0.15) is 31.2 Å². The Labute approximate surface area is 173 Å². The summed E-state index contributed by atoms with van der Waals surface area (Å²) >= 11 is 0. The van der Waals surface area contributed by atoms with E-state index in [1.165, 1.54) is 17.0 Å². The third kappa shape index (κ3) is 5.75. The number of alkyl halides is 3. The summed E-state index contributed by atoms with van der Waals surface area (Å²) in [5.74, 6) is -0.0925. The molecule has 3 rings (SSSR count). The van der Waals surface area contributed by atoms with Crippen molar-refractivity contribution in [1.82, 2.24) is 5.32 Å². The predicted octanol–water partition coefficient (Wildman–Crippen LogP) is 5.05. The number of benzene rings is 2. The molecule has 160 valence electrons. The average molecular weight is 419 g/mol. The first-order chi connectivity index (χ1) is 14.3. The van der Waals surface area contributed by atoms with Crippen molar-refractivity contribution < 1.29 is 22.8 Å². The number of amides is 3. The van der Waals surface area contributed by atoms with Crippen LogP contribution in [0.15, 0.2) is 54.6 Å². The molecule has 1 saturated carbocycles. The van der Waals surface area contributed by atoms with Crippen LogP contribution in [0.25, 0.3) is 0 Å². The largest absolute Gasteiger partial charge is 0.416 e. The molecule has 2 aromatic rings. The number of para-hydroxylation sites is 1. The summed E-state index contributed by atoms with van der Waals surface area (Å²) in [5, 5.41) is 5.49. The molecule has 2 N–H and O–H groups in total. The molecule has 5 nitrogen and oxygen atoms in total. The molecular weight excluding hydrogens is 395 g/mol. The van der Waals surface area contributed by atoms with E-state index in [0.29, 0.717) is 5.69 Å². The van der Waals surface area contributed by atoms with Crippen molar-refractivity contribution in [1.29, 1.82) is 0 Å². The van der Waals surface area contributed by atoms with Gasteiger partial charge in [0.15, 0.2) is 0 Å². The quantitative estimate of drug-likeness (QED) is 0.688. The van der Waals surface area contributed by atoms with Crippen LogP contribution in [-0.4, -0.2) is 25.0 Å². The van der Waals surface area contributed by atoms with E-state index in [1.807, 2.05) is 0 Å². The van der Waals surface area contributed by atoms with Crippen LogP contribution in [0, 0.1) is 5.92 Å². The number of hydrogen-bond acceptors (Lipinski definition) is 2. The monoisotopic (exact) mass is 419 g/mol. The fourth-order valence-electron chi connectivity index (χ4n) is 3.53. The number of hydrogen-bond donors (Lipinski definition) is 2. The molecular formula is C22H24F3N3O2. The second kappa shape index (κ2) is 9.65. The molecule has 1 aliphatic rings. The molecule has 3 amide bonds. The molecule has 1 aliphatic carbocycles. The zero-order chi connectivity index (χ0) is 21.6. The minimum Gasteiger partial charge on any atom is -0.354 e. The van der Waals surface area contributed by atoms with Gasteiger partial charge in [0.25, 0.3) is 0 Å². The minimum atomic E-state index is -4.52. The topological polar surface area (TPSA) is 61.4 Å². The zero-order valence-electron chi connectivity index (χ0n) is 16.4. The molecule has 0 spiro atoms. The third-order valence-corrected chi connectivity index (χ3v) is 5.12. The second-order valence-corrected chi connectivity index (χ2v) is 7.27. The van der Waals surface area contributed by atoms with E-state index in [0.717, 1.165) is 37.8 Å². The number of carbonyl (C=O) groups is 2. The maximum Gasteiger partial charge on any atom is 0.416 e. The SMILES string of the molecule is O=C(NCCN(C(=O)Nc1ccccc1)c1cccc(C(F)(F)F)c1)C1CCCC1. The van der Waals surface area contributed by atoms with E-state index in [4.69, 9.17) is 0 Å². The highest BCUT2D eigenvalue weighted by atomic mass is 19.4. The number of nitrogens with zero attached hydrogens (tertiary/aromatic N) is 1. The van der Waals surface area contributed by atoms with E-state index in [2.05, 4.69) is 10.6 Å². The van der Waals surface area contributed by atoms with Crippen molar-refractivity contribution in [3.8, 4) is 0 Å². The van der Waals surface area contributed by atoms with Gasteiger partial charge < -0.3 is 10.6 Å². The van der Waals surface area contributed by atoms with Crippen molar-refractivity contribution in [3.63, 3.8) is 0 Å². The summed E-state index contributed by atoms with van der Waals surface area (Å²) in [6.45, 7) is 0.187.